The molecule has 2 rings (SSSR count). The Labute approximate surface area is 95.2 Å². The van der Waals surface area contributed by atoms with Gasteiger partial charge in [-0.15, -0.1) is 0 Å². The van der Waals surface area contributed by atoms with Gasteiger partial charge >= 0.3 is 6.18 Å². The number of alkyl halides is 3. The molecule has 0 bridgehead atoms. The molecule has 1 fully saturated rings. The van der Waals surface area contributed by atoms with Crippen LogP contribution in [-0.4, -0.2) is 29.2 Å². The molecule has 1 aliphatic heterocycles. The van der Waals surface area contributed by atoms with Gasteiger partial charge in [-0.2, -0.15) is 13.2 Å². The summed E-state index contributed by atoms with van der Waals surface area (Å²) in [4.78, 5) is 9.25. The zero-order valence-electron chi connectivity index (χ0n) is 8.21. The van der Waals surface area contributed by atoms with Crippen LogP contribution in [0.2, 0.25) is 5.15 Å². The summed E-state index contributed by atoms with van der Waals surface area (Å²) in [7, 11) is 0. The lowest BCUT2D eigenvalue weighted by Crippen LogP contribution is -2.28. The Bertz CT molecular complexity index is 383. The van der Waals surface area contributed by atoms with E-state index in [1.807, 2.05) is 0 Å². The summed E-state index contributed by atoms with van der Waals surface area (Å²) in [5, 5.41) is 0.144. The van der Waals surface area contributed by atoms with Gasteiger partial charge in [0.2, 0.25) is 0 Å². The average molecular weight is 252 g/mol. The van der Waals surface area contributed by atoms with Crippen molar-refractivity contribution in [1.82, 2.24) is 9.97 Å². The van der Waals surface area contributed by atoms with E-state index in [9.17, 15) is 13.2 Å². The molecular formula is C9H9ClF3N3. The molecule has 88 valence electrons. The maximum Gasteiger partial charge on any atom is 0.393 e. The molecule has 0 N–H and O–H groups in total. The second-order valence-electron chi connectivity index (χ2n) is 3.64. The van der Waals surface area contributed by atoms with Crippen molar-refractivity contribution in [3.8, 4) is 0 Å². The third-order valence-electron chi connectivity index (χ3n) is 2.59. The highest BCUT2D eigenvalue weighted by molar-refractivity contribution is 6.31. The Hall–Kier alpha value is -1.04. The SMILES string of the molecule is FC(F)(F)C1CCN(c2nccnc2Cl)C1. The molecule has 1 aromatic rings. The first-order valence-electron chi connectivity index (χ1n) is 4.76. The number of nitrogens with zero attached hydrogens (tertiary/aromatic N) is 3. The Morgan fingerprint density at radius 2 is 2.00 bits per heavy atom. The van der Waals surface area contributed by atoms with Crippen molar-refractivity contribution in [3.63, 3.8) is 0 Å². The van der Waals surface area contributed by atoms with E-state index in [4.69, 9.17) is 11.6 Å². The fourth-order valence-corrected chi connectivity index (χ4v) is 1.97. The Morgan fingerprint density at radius 3 is 2.56 bits per heavy atom. The van der Waals surface area contributed by atoms with E-state index in [2.05, 4.69) is 9.97 Å². The largest absolute Gasteiger partial charge is 0.393 e. The van der Waals surface area contributed by atoms with Crippen LogP contribution in [-0.2, 0) is 0 Å². The summed E-state index contributed by atoms with van der Waals surface area (Å²) in [5.74, 6) is -0.971. The van der Waals surface area contributed by atoms with E-state index in [1.54, 1.807) is 0 Å². The highest BCUT2D eigenvalue weighted by atomic mass is 35.5. The van der Waals surface area contributed by atoms with Crippen molar-refractivity contribution in [3.05, 3.63) is 17.5 Å². The quantitative estimate of drug-likeness (QED) is 0.768. The molecule has 1 aromatic heterocycles. The van der Waals surface area contributed by atoms with E-state index < -0.39 is 12.1 Å². The second kappa shape index (κ2) is 4.08. The van der Waals surface area contributed by atoms with Crippen molar-refractivity contribution in [2.24, 2.45) is 5.92 Å². The molecule has 1 atom stereocenters. The van der Waals surface area contributed by atoms with Gasteiger partial charge in [-0.05, 0) is 6.42 Å². The highest BCUT2D eigenvalue weighted by Crippen LogP contribution is 2.35. The molecule has 0 amide bonds. The molecule has 7 heteroatoms. The summed E-state index contributed by atoms with van der Waals surface area (Å²) in [6.07, 6.45) is -1.24. The third-order valence-corrected chi connectivity index (χ3v) is 2.85. The maximum atomic E-state index is 12.5. The van der Waals surface area contributed by atoms with E-state index in [-0.39, 0.29) is 18.1 Å². The van der Waals surface area contributed by atoms with E-state index in [0.29, 0.717) is 12.4 Å². The first-order chi connectivity index (χ1) is 7.48. The molecule has 0 aromatic carbocycles. The van der Waals surface area contributed by atoms with Gasteiger partial charge in [-0.1, -0.05) is 11.6 Å². The Kier molecular flexibility index (Phi) is 2.92. The first-order valence-corrected chi connectivity index (χ1v) is 5.14. The molecule has 0 spiro atoms. The average Bonchev–Trinajstić information content (AvgIpc) is 2.66. The van der Waals surface area contributed by atoms with Crippen molar-refractivity contribution >= 4 is 17.4 Å². The molecule has 2 heterocycles. The normalized spacial score (nSPS) is 21.5. The van der Waals surface area contributed by atoms with Crippen molar-refractivity contribution < 1.29 is 13.2 Å². The van der Waals surface area contributed by atoms with Crippen LogP contribution in [0, 0.1) is 5.92 Å². The van der Waals surface area contributed by atoms with E-state index in [0.717, 1.165) is 0 Å². The zero-order chi connectivity index (χ0) is 11.8. The predicted molar refractivity (Wildman–Crippen MR) is 53.4 cm³/mol. The molecular weight excluding hydrogens is 243 g/mol. The Balaban J connectivity index is 2.13. The van der Waals surface area contributed by atoms with E-state index in [1.165, 1.54) is 17.3 Å². The molecule has 1 unspecified atom stereocenters. The smallest absolute Gasteiger partial charge is 0.353 e. The fourth-order valence-electron chi connectivity index (χ4n) is 1.75. The summed E-state index contributed by atoms with van der Waals surface area (Å²) in [6.45, 7) is 0.213. The standard InChI is InChI=1S/C9H9ClF3N3/c10-7-8(15-3-2-14-7)16-4-1-6(5-16)9(11,12)13/h2-3,6H,1,4-5H2. The van der Waals surface area contributed by atoms with E-state index >= 15 is 0 Å². The van der Waals surface area contributed by atoms with Crippen LogP contribution in [0.25, 0.3) is 0 Å². The van der Waals surface area contributed by atoms with Gasteiger partial charge < -0.3 is 4.90 Å². The number of hydrogen-bond acceptors (Lipinski definition) is 3. The van der Waals surface area contributed by atoms with Gasteiger partial charge in [-0.3, -0.25) is 0 Å². The van der Waals surface area contributed by atoms with Crippen LogP contribution in [0.4, 0.5) is 19.0 Å². The van der Waals surface area contributed by atoms with Crippen LogP contribution in [0.15, 0.2) is 12.4 Å². The number of halogens is 4. The molecule has 1 saturated heterocycles. The molecule has 0 saturated carbocycles. The van der Waals surface area contributed by atoms with Crippen molar-refractivity contribution in [2.75, 3.05) is 18.0 Å². The molecule has 0 radical (unpaired) electrons. The van der Waals surface area contributed by atoms with Crippen molar-refractivity contribution in [2.45, 2.75) is 12.6 Å². The summed E-state index contributed by atoms with van der Waals surface area (Å²) in [6, 6.07) is 0. The Morgan fingerprint density at radius 1 is 1.31 bits per heavy atom. The second-order valence-corrected chi connectivity index (χ2v) is 4.00. The van der Waals surface area contributed by atoms with Gasteiger partial charge in [0, 0.05) is 25.5 Å². The van der Waals surface area contributed by atoms with Crippen LogP contribution in [0.3, 0.4) is 0 Å². The number of anilines is 1. The van der Waals surface area contributed by atoms with Gasteiger partial charge in [0.1, 0.15) is 0 Å². The topological polar surface area (TPSA) is 29.0 Å². The van der Waals surface area contributed by atoms with Gasteiger partial charge in [-0.25, -0.2) is 9.97 Å². The molecule has 16 heavy (non-hydrogen) atoms. The lowest BCUT2D eigenvalue weighted by Gasteiger charge is -2.18. The van der Waals surface area contributed by atoms with Gasteiger partial charge in [0.05, 0.1) is 5.92 Å². The predicted octanol–water partition coefficient (Wildman–Crippen LogP) is 2.52. The minimum absolute atomic E-state index is 0.0798. The lowest BCUT2D eigenvalue weighted by atomic mass is 10.1. The molecule has 0 aliphatic carbocycles. The summed E-state index contributed by atoms with van der Waals surface area (Å²) in [5.41, 5.74) is 0. The number of rotatable bonds is 1. The highest BCUT2D eigenvalue weighted by Gasteiger charge is 2.44. The van der Waals surface area contributed by atoms with Crippen LogP contribution >= 0.6 is 11.6 Å². The lowest BCUT2D eigenvalue weighted by molar-refractivity contribution is -0.168. The summed E-state index contributed by atoms with van der Waals surface area (Å²) >= 11 is 5.77. The van der Waals surface area contributed by atoms with Crippen LogP contribution in [0.5, 0.6) is 0 Å². The maximum absolute atomic E-state index is 12.5. The fraction of sp³-hybridized carbons (Fsp3) is 0.556. The minimum atomic E-state index is -4.15. The third kappa shape index (κ3) is 2.21. The number of aromatic nitrogens is 2. The molecule has 1 aliphatic rings. The van der Waals surface area contributed by atoms with Crippen molar-refractivity contribution in [1.29, 1.82) is 0 Å². The molecule has 3 nitrogen and oxygen atoms in total. The van der Waals surface area contributed by atoms with Crippen LogP contribution in [0.1, 0.15) is 6.42 Å². The zero-order valence-corrected chi connectivity index (χ0v) is 8.96. The summed E-state index contributed by atoms with van der Waals surface area (Å²) < 4.78 is 37.4. The monoisotopic (exact) mass is 251 g/mol. The van der Waals surface area contributed by atoms with Crippen LogP contribution < -0.4 is 4.90 Å². The minimum Gasteiger partial charge on any atom is -0.353 e. The van der Waals surface area contributed by atoms with Gasteiger partial charge in [0.15, 0.2) is 11.0 Å². The first kappa shape index (κ1) is 11.4. The van der Waals surface area contributed by atoms with Gasteiger partial charge in [0.25, 0.3) is 0 Å². The number of hydrogen-bond donors (Lipinski definition) is 0.